The zero-order valence-corrected chi connectivity index (χ0v) is 11.7. The molecule has 96 valence electrons. The van der Waals surface area contributed by atoms with Crippen molar-refractivity contribution in [1.82, 2.24) is 15.1 Å². The first-order chi connectivity index (χ1) is 7.77. The number of ether oxygens (including phenoxy) is 1. The molecule has 1 heterocycles. The van der Waals surface area contributed by atoms with E-state index in [0.717, 1.165) is 22.8 Å². The van der Waals surface area contributed by atoms with E-state index >= 15 is 0 Å². The van der Waals surface area contributed by atoms with Crippen LogP contribution in [0, 0.1) is 12.3 Å². The van der Waals surface area contributed by atoms with Crippen molar-refractivity contribution in [2.75, 3.05) is 7.11 Å². The molecule has 0 saturated carbocycles. The summed E-state index contributed by atoms with van der Waals surface area (Å²) < 4.78 is 7.10. The molecule has 0 saturated heterocycles. The molecule has 0 aromatic carbocycles. The van der Waals surface area contributed by atoms with Gasteiger partial charge < -0.3 is 10.1 Å². The summed E-state index contributed by atoms with van der Waals surface area (Å²) in [7, 11) is 3.55. The van der Waals surface area contributed by atoms with E-state index in [4.69, 9.17) is 4.74 Å². The predicted molar refractivity (Wildman–Crippen MR) is 69.9 cm³/mol. The van der Waals surface area contributed by atoms with Gasteiger partial charge in [-0.05, 0) is 6.92 Å². The van der Waals surface area contributed by atoms with Gasteiger partial charge in [0, 0.05) is 24.7 Å². The number of nitrogens with one attached hydrogen (secondary N) is 1. The van der Waals surface area contributed by atoms with Crippen molar-refractivity contribution in [2.45, 2.75) is 34.2 Å². The molecular formula is C13H23N3O. The van der Waals surface area contributed by atoms with Crippen LogP contribution >= 0.6 is 0 Å². The maximum Gasteiger partial charge on any atom is 0.216 e. The monoisotopic (exact) mass is 237 g/mol. The highest BCUT2D eigenvalue weighted by Gasteiger charge is 2.17. The molecule has 4 nitrogen and oxygen atoms in total. The molecule has 0 fully saturated rings. The molecule has 1 aromatic heterocycles. The fourth-order valence-corrected chi connectivity index (χ4v) is 1.60. The van der Waals surface area contributed by atoms with Crippen molar-refractivity contribution in [3.05, 3.63) is 23.5 Å². The van der Waals surface area contributed by atoms with E-state index in [9.17, 15) is 0 Å². The lowest BCUT2D eigenvalue weighted by atomic mass is 9.93. The minimum Gasteiger partial charge on any atom is -0.481 e. The van der Waals surface area contributed by atoms with Gasteiger partial charge >= 0.3 is 0 Å². The van der Waals surface area contributed by atoms with E-state index in [0.29, 0.717) is 6.54 Å². The van der Waals surface area contributed by atoms with E-state index in [2.05, 4.69) is 37.8 Å². The summed E-state index contributed by atoms with van der Waals surface area (Å²) in [5.41, 5.74) is 3.14. The van der Waals surface area contributed by atoms with Crippen LogP contribution in [0.25, 0.3) is 0 Å². The van der Waals surface area contributed by atoms with Gasteiger partial charge in [-0.25, -0.2) is 4.68 Å². The number of rotatable bonds is 4. The minimum absolute atomic E-state index is 0.0589. The Labute approximate surface area is 104 Å². The summed E-state index contributed by atoms with van der Waals surface area (Å²) in [6.45, 7) is 13.1. The highest BCUT2D eigenvalue weighted by atomic mass is 16.5. The first-order valence-electron chi connectivity index (χ1n) is 5.77. The Morgan fingerprint density at radius 3 is 2.53 bits per heavy atom. The van der Waals surface area contributed by atoms with Crippen LogP contribution in [-0.4, -0.2) is 16.9 Å². The van der Waals surface area contributed by atoms with Crippen molar-refractivity contribution >= 4 is 0 Å². The largest absolute Gasteiger partial charge is 0.481 e. The standard InChI is InChI=1S/C13H23N3O/c1-9-11(12(17-7)16(6)15-9)8-14-10(2)13(3,4)5/h14H,2,8H2,1,3-7H3. The third kappa shape index (κ3) is 3.02. The number of aryl methyl sites for hydroxylation is 2. The van der Waals surface area contributed by atoms with E-state index in [-0.39, 0.29) is 5.41 Å². The Kier molecular flexibility index (Phi) is 3.86. The molecule has 4 heteroatoms. The van der Waals surface area contributed by atoms with Crippen LogP contribution in [0.3, 0.4) is 0 Å². The average Bonchev–Trinajstić information content (AvgIpc) is 2.47. The SMILES string of the molecule is C=C(NCc1c(C)nn(C)c1OC)C(C)(C)C. The molecule has 0 amide bonds. The first kappa shape index (κ1) is 13.6. The van der Waals surface area contributed by atoms with E-state index < -0.39 is 0 Å². The number of allylic oxidation sites excluding steroid dienone is 1. The summed E-state index contributed by atoms with van der Waals surface area (Å²) in [5.74, 6) is 0.803. The van der Waals surface area contributed by atoms with Gasteiger partial charge in [-0.3, -0.25) is 0 Å². The molecule has 0 aliphatic rings. The first-order valence-corrected chi connectivity index (χ1v) is 5.77. The highest BCUT2D eigenvalue weighted by Crippen LogP contribution is 2.24. The second-order valence-corrected chi connectivity index (χ2v) is 5.28. The van der Waals surface area contributed by atoms with Gasteiger partial charge in [0.05, 0.1) is 18.4 Å². The number of aromatic nitrogens is 2. The van der Waals surface area contributed by atoms with Gasteiger partial charge in [0.2, 0.25) is 5.88 Å². The van der Waals surface area contributed by atoms with E-state index in [1.54, 1.807) is 11.8 Å². The van der Waals surface area contributed by atoms with Crippen molar-refractivity contribution in [3.8, 4) is 5.88 Å². The lowest BCUT2D eigenvalue weighted by molar-refractivity contribution is 0.367. The quantitative estimate of drug-likeness (QED) is 0.874. The Morgan fingerprint density at radius 2 is 2.06 bits per heavy atom. The van der Waals surface area contributed by atoms with Crippen molar-refractivity contribution in [2.24, 2.45) is 12.5 Å². The molecule has 0 aliphatic carbocycles. The summed E-state index contributed by atoms with van der Waals surface area (Å²) in [4.78, 5) is 0. The molecular weight excluding hydrogens is 214 g/mol. The number of hydrogen-bond donors (Lipinski definition) is 1. The molecule has 0 unspecified atom stereocenters. The number of nitrogens with zero attached hydrogens (tertiary/aromatic N) is 2. The van der Waals surface area contributed by atoms with Gasteiger partial charge in [0.15, 0.2) is 0 Å². The van der Waals surface area contributed by atoms with Crippen LogP contribution in [0.1, 0.15) is 32.0 Å². The molecule has 0 spiro atoms. The summed E-state index contributed by atoms with van der Waals surface area (Å²) >= 11 is 0. The molecule has 1 rings (SSSR count). The third-order valence-electron chi connectivity index (χ3n) is 2.87. The van der Waals surface area contributed by atoms with E-state index in [1.165, 1.54) is 0 Å². The Bertz CT molecular complexity index is 413. The lowest BCUT2D eigenvalue weighted by Gasteiger charge is -2.23. The molecule has 0 aliphatic heterocycles. The Hall–Kier alpha value is -1.45. The number of hydrogen-bond acceptors (Lipinski definition) is 3. The van der Waals surface area contributed by atoms with Crippen molar-refractivity contribution in [3.63, 3.8) is 0 Å². The van der Waals surface area contributed by atoms with Crippen LogP contribution < -0.4 is 10.1 Å². The van der Waals surface area contributed by atoms with E-state index in [1.807, 2.05) is 14.0 Å². The van der Waals surface area contributed by atoms with Crippen LogP contribution in [0.5, 0.6) is 5.88 Å². The van der Waals surface area contributed by atoms with Crippen LogP contribution in [-0.2, 0) is 13.6 Å². The fraction of sp³-hybridized carbons (Fsp3) is 0.615. The Balaban J connectivity index is 2.80. The number of methoxy groups -OCH3 is 1. The zero-order valence-electron chi connectivity index (χ0n) is 11.7. The second kappa shape index (κ2) is 4.82. The second-order valence-electron chi connectivity index (χ2n) is 5.28. The summed E-state index contributed by atoms with van der Waals surface area (Å²) in [6.07, 6.45) is 0. The topological polar surface area (TPSA) is 39.1 Å². The van der Waals surface area contributed by atoms with Gasteiger partial charge in [0.25, 0.3) is 0 Å². The summed E-state index contributed by atoms with van der Waals surface area (Å²) in [5, 5.41) is 7.68. The van der Waals surface area contributed by atoms with Crippen LogP contribution in [0.4, 0.5) is 0 Å². The fourth-order valence-electron chi connectivity index (χ4n) is 1.60. The highest BCUT2D eigenvalue weighted by molar-refractivity contribution is 5.31. The molecule has 0 bridgehead atoms. The van der Waals surface area contributed by atoms with Gasteiger partial charge in [0.1, 0.15) is 0 Å². The molecule has 0 atom stereocenters. The van der Waals surface area contributed by atoms with Gasteiger partial charge in [-0.2, -0.15) is 5.10 Å². The van der Waals surface area contributed by atoms with Crippen molar-refractivity contribution in [1.29, 1.82) is 0 Å². The molecule has 0 radical (unpaired) electrons. The molecule has 1 aromatic rings. The normalized spacial score (nSPS) is 11.4. The van der Waals surface area contributed by atoms with Gasteiger partial charge in [-0.1, -0.05) is 27.4 Å². The maximum absolute atomic E-state index is 5.35. The van der Waals surface area contributed by atoms with Crippen LogP contribution in [0.2, 0.25) is 0 Å². The maximum atomic E-state index is 5.35. The molecule has 17 heavy (non-hydrogen) atoms. The Morgan fingerprint density at radius 1 is 1.47 bits per heavy atom. The van der Waals surface area contributed by atoms with Crippen LogP contribution in [0.15, 0.2) is 12.3 Å². The van der Waals surface area contributed by atoms with Crippen molar-refractivity contribution < 1.29 is 4.74 Å². The molecule has 1 N–H and O–H groups in total. The average molecular weight is 237 g/mol. The predicted octanol–water partition coefficient (Wildman–Crippen LogP) is 2.39. The zero-order chi connectivity index (χ0) is 13.2. The lowest BCUT2D eigenvalue weighted by Crippen LogP contribution is -2.23. The smallest absolute Gasteiger partial charge is 0.216 e. The third-order valence-corrected chi connectivity index (χ3v) is 2.87. The van der Waals surface area contributed by atoms with Gasteiger partial charge in [-0.15, -0.1) is 0 Å². The summed E-state index contributed by atoms with van der Waals surface area (Å²) in [6, 6.07) is 0. The minimum atomic E-state index is 0.0589.